The first-order valence-corrected chi connectivity index (χ1v) is 6.29. The second kappa shape index (κ2) is 4.86. The maximum absolute atomic E-state index is 12.2. The Morgan fingerprint density at radius 1 is 1.05 bits per heavy atom. The van der Waals surface area contributed by atoms with Crippen LogP contribution in [0.4, 0.5) is 0 Å². The molecule has 2 atom stereocenters. The van der Waals surface area contributed by atoms with Gasteiger partial charge in [-0.15, -0.1) is 0 Å². The quantitative estimate of drug-likeness (QED) is 0.673. The molecular formula is C16H15NO2. The van der Waals surface area contributed by atoms with Crippen LogP contribution in [0.25, 0.3) is 0 Å². The number of benzene rings is 2. The van der Waals surface area contributed by atoms with Crippen LogP contribution in [0.2, 0.25) is 0 Å². The summed E-state index contributed by atoms with van der Waals surface area (Å²) in [4.78, 5) is 12.2. The van der Waals surface area contributed by atoms with Gasteiger partial charge < -0.3 is 4.74 Å². The highest BCUT2D eigenvalue weighted by atomic mass is 16.5. The maximum Gasteiger partial charge on any atom is 0.181 e. The van der Waals surface area contributed by atoms with Crippen LogP contribution in [-0.4, -0.2) is 18.9 Å². The third-order valence-corrected chi connectivity index (χ3v) is 3.40. The SMILES string of the molecule is COc1ccc([C@@H]2N[C@H]2C(=O)c2ccccc2)cc1. The molecule has 0 radical (unpaired) electrons. The highest BCUT2D eigenvalue weighted by molar-refractivity contribution is 6.02. The number of Topliss-reactive ketones (excluding diaryl/α,β-unsaturated/α-hetero) is 1. The average molecular weight is 253 g/mol. The van der Waals surface area contributed by atoms with Crippen LogP contribution in [0, 0.1) is 0 Å². The minimum atomic E-state index is -0.101. The van der Waals surface area contributed by atoms with Crippen molar-refractivity contribution in [2.75, 3.05) is 7.11 Å². The van der Waals surface area contributed by atoms with E-state index >= 15 is 0 Å². The lowest BCUT2D eigenvalue weighted by molar-refractivity contribution is 0.0988. The number of methoxy groups -OCH3 is 1. The number of carbonyl (C=O) groups excluding carboxylic acids is 1. The second-order valence-electron chi connectivity index (χ2n) is 4.63. The van der Waals surface area contributed by atoms with Crippen LogP contribution < -0.4 is 10.1 Å². The minimum Gasteiger partial charge on any atom is -0.497 e. The summed E-state index contributed by atoms with van der Waals surface area (Å²) in [5, 5.41) is 3.23. The largest absolute Gasteiger partial charge is 0.497 e. The van der Waals surface area contributed by atoms with Gasteiger partial charge in [-0.25, -0.2) is 0 Å². The van der Waals surface area contributed by atoms with Gasteiger partial charge in [-0.2, -0.15) is 0 Å². The molecule has 1 fully saturated rings. The van der Waals surface area contributed by atoms with Crippen molar-refractivity contribution in [3.8, 4) is 5.75 Å². The molecule has 3 heteroatoms. The summed E-state index contributed by atoms with van der Waals surface area (Å²) in [5.74, 6) is 0.983. The molecule has 0 amide bonds. The molecule has 0 spiro atoms. The predicted octanol–water partition coefficient (Wildman–Crippen LogP) is 2.59. The van der Waals surface area contributed by atoms with Crippen LogP contribution in [0.15, 0.2) is 54.6 Å². The maximum atomic E-state index is 12.2. The Kier molecular flexibility index (Phi) is 3.05. The molecule has 0 aliphatic carbocycles. The first kappa shape index (κ1) is 11.9. The summed E-state index contributed by atoms with van der Waals surface area (Å²) in [6.45, 7) is 0. The van der Waals surface area contributed by atoms with Gasteiger partial charge in [-0.1, -0.05) is 42.5 Å². The number of ketones is 1. The van der Waals surface area contributed by atoms with Crippen molar-refractivity contribution in [1.82, 2.24) is 5.32 Å². The molecule has 3 nitrogen and oxygen atoms in total. The van der Waals surface area contributed by atoms with Crippen LogP contribution >= 0.6 is 0 Å². The zero-order valence-corrected chi connectivity index (χ0v) is 10.7. The van der Waals surface area contributed by atoms with Crippen LogP contribution in [0.3, 0.4) is 0 Å². The van der Waals surface area contributed by atoms with Gasteiger partial charge in [0.15, 0.2) is 5.78 Å². The Bertz CT molecular complexity index is 577. The fourth-order valence-electron chi connectivity index (χ4n) is 2.25. The molecule has 96 valence electrons. The van der Waals surface area contributed by atoms with Crippen molar-refractivity contribution in [2.45, 2.75) is 12.1 Å². The summed E-state index contributed by atoms with van der Waals surface area (Å²) >= 11 is 0. The van der Waals surface area contributed by atoms with E-state index in [0.717, 1.165) is 16.9 Å². The van der Waals surface area contributed by atoms with E-state index in [1.165, 1.54) is 0 Å². The van der Waals surface area contributed by atoms with Crippen LogP contribution in [0.1, 0.15) is 22.0 Å². The smallest absolute Gasteiger partial charge is 0.181 e. The molecule has 2 aromatic rings. The lowest BCUT2D eigenvalue weighted by atomic mass is 10.0. The molecule has 1 aliphatic rings. The number of hydrogen-bond acceptors (Lipinski definition) is 3. The molecule has 0 unspecified atom stereocenters. The van der Waals surface area contributed by atoms with Gasteiger partial charge in [-0.05, 0) is 17.7 Å². The number of nitrogens with one attached hydrogen (secondary N) is 1. The van der Waals surface area contributed by atoms with Crippen molar-refractivity contribution < 1.29 is 9.53 Å². The number of ether oxygens (including phenoxy) is 1. The van der Waals surface area contributed by atoms with Gasteiger partial charge in [0, 0.05) is 5.56 Å². The third kappa shape index (κ3) is 2.37. The van der Waals surface area contributed by atoms with Crippen LogP contribution in [0.5, 0.6) is 5.75 Å². The lowest BCUT2D eigenvalue weighted by Crippen LogP contribution is -2.09. The first-order chi connectivity index (χ1) is 9.29. The second-order valence-corrected chi connectivity index (χ2v) is 4.63. The topological polar surface area (TPSA) is 48.2 Å². The fraction of sp³-hybridized carbons (Fsp3) is 0.188. The zero-order chi connectivity index (χ0) is 13.2. The van der Waals surface area contributed by atoms with Crippen molar-refractivity contribution in [2.24, 2.45) is 0 Å². The fourth-order valence-corrected chi connectivity index (χ4v) is 2.25. The Morgan fingerprint density at radius 3 is 2.37 bits per heavy atom. The summed E-state index contributed by atoms with van der Waals surface area (Å²) in [5.41, 5.74) is 1.88. The molecule has 1 aliphatic heterocycles. The van der Waals surface area contributed by atoms with Gasteiger partial charge in [-0.3, -0.25) is 10.1 Å². The minimum absolute atomic E-state index is 0.101. The van der Waals surface area contributed by atoms with E-state index < -0.39 is 0 Å². The van der Waals surface area contributed by atoms with Gasteiger partial charge in [0.1, 0.15) is 5.75 Å². The third-order valence-electron chi connectivity index (χ3n) is 3.40. The van der Waals surface area contributed by atoms with E-state index in [4.69, 9.17) is 4.74 Å². The Hall–Kier alpha value is -2.13. The summed E-state index contributed by atoms with van der Waals surface area (Å²) in [6.07, 6.45) is 0. The van der Waals surface area contributed by atoms with Crippen molar-refractivity contribution in [3.05, 3.63) is 65.7 Å². The Balaban J connectivity index is 1.72. The van der Waals surface area contributed by atoms with Gasteiger partial charge in [0.2, 0.25) is 0 Å². The molecule has 1 heterocycles. The van der Waals surface area contributed by atoms with Gasteiger partial charge >= 0.3 is 0 Å². The summed E-state index contributed by atoms with van der Waals surface area (Å²) in [6, 6.07) is 17.2. The Labute approximate surface area is 112 Å². The van der Waals surface area contributed by atoms with Crippen LogP contribution in [-0.2, 0) is 0 Å². The molecule has 3 rings (SSSR count). The summed E-state index contributed by atoms with van der Waals surface area (Å²) < 4.78 is 5.13. The summed E-state index contributed by atoms with van der Waals surface area (Å²) in [7, 11) is 1.64. The van der Waals surface area contributed by atoms with E-state index in [9.17, 15) is 4.79 Å². The van der Waals surface area contributed by atoms with E-state index in [1.54, 1.807) is 7.11 Å². The number of hydrogen-bond donors (Lipinski definition) is 1. The molecule has 0 saturated carbocycles. The molecule has 2 aromatic carbocycles. The monoisotopic (exact) mass is 253 g/mol. The van der Waals surface area contributed by atoms with E-state index in [1.807, 2.05) is 54.6 Å². The number of rotatable bonds is 4. The standard InChI is InChI=1S/C16H15NO2/c1-19-13-9-7-11(8-10-13)14-15(17-14)16(18)12-5-3-2-4-6-12/h2-10,14-15,17H,1H3/t14-,15+/m0/s1. The predicted molar refractivity (Wildman–Crippen MR) is 73.4 cm³/mol. The average Bonchev–Trinajstić information content (AvgIpc) is 3.28. The molecule has 19 heavy (non-hydrogen) atoms. The van der Waals surface area contributed by atoms with E-state index in [-0.39, 0.29) is 17.9 Å². The lowest BCUT2D eigenvalue weighted by Gasteiger charge is -2.01. The zero-order valence-electron chi connectivity index (χ0n) is 10.7. The van der Waals surface area contributed by atoms with Gasteiger partial charge in [0.25, 0.3) is 0 Å². The van der Waals surface area contributed by atoms with Crippen molar-refractivity contribution in [3.63, 3.8) is 0 Å². The van der Waals surface area contributed by atoms with Gasteiger partial charge in [0.05, 0.1) is 19.2 Å². The Morgan fingerprint density at radius 2 is 1.74 bits per heavy atom. The molecule has 1 N–H and O–H groups in total. The van der Waals surface area contributed by atoms with Crippen molar-refractivity contribution >= 4 is 5.78 Å². The highest BCUT2D eigenvalue weighted by Crippen LogP contribution is 2.32. The molecule has 1 saturated heterocycles. The molecule has 0 bridgehead atoms. The first-order valence-electron chi connectivity index (χ1n) is 6.29. The van der Waals surface area contributed by atoms with E-state index in [0.29, 0.717) is 0 Å². The molecular weight excluding hydrogens is 238 g/mol. The van der Waals surface area contributed by atoms with Crippen molar-refractivity contribution in [1.29, 1.82) is 0 Å². The van der Waals surface area contributed by atoms with E-state index in [2.05, 4.69) is 5.32 Å². The normalized spacial score (nSPS) is 20.9. The highest BCUT2D eigenvalue weighted by Gasteiger charge is 2.43. The number of carbonyl (C=O) groups is 1. The molecule has 0 aromatic heterocycles.